The van der Waals surface area contributed by atoms with Gasteiger partial charge in [0.05, 0.1) is 0 Å². The van der Waals surface area contributed by atoms with E-state index in [1.807, 2.05) is 6.92 Å². The zero-order valence-corrected chi connectivity index (χ0v) is 10.7. The van der Waals surface area contributed by atoms with E-state index in [2.05, 4.69) is 10.3 Å². The van der Waals surface area contributed by atoms with Crippen LogP contribution in [-0.2, 0) is 4.79 Å². The Bertz CT molecular complexity index is 533. The summed E-state index contributed by atoms with van der Waals surface area (Å²) < 4.78 is 0. The second-order valence-corrected chi connectivity index (χ2v) is 4.98. The van der Waals surface area contributed by atoms with Crippen molar-refractivity contribution < 1.29 is 14.7 Å². The fraction of sp³-hybridized carbons (Fsp3) is 0.357. The standard InChI is InChI=1S/C14H16N2O3/c1-14(7-3-8-14)16-13(19)12-10(4-2-9-15-12)5-6-11(17)18/h2,4-6,9H,3,7-8H2,1H3,(H,16,19)(H,17,18)/b6-5+. The van der Waals surface area contributed by atoms with E-state index in [9.17, 15) is 9.59 Å². The summed E-state index contributed by atoms with van der Waals surface area (Å²) in [4.78, 5) is 26.7. The predicted octanol–water partition coefficient (Wildman–Crippen LogP) is 1.85. The van der Waals surface area contributed by atoms with Gasteiger partial charge < -0.3 is 10.4 Å². The van der Waals surface area contributed by atoms with Gasteiger partial charge >= 0.3 is 5.97 Å². The van der Waals surface area contributed by atoms with Crippen LogP contribution in [0.1, 0.15) is 42.2 Å². The minimum Gasteiger partial charge on any atom is -0.478 e. The van der Waals surface area contributed by atoms with Gasteiger partial charge in [-0.1, -0.05) is 6.07 Å². The van der Waals surface area contributed by atoms with E-state index in [-0.39, 0.29) is 17.1 Å². The number of carbonyl (C=O) groups excluding carboxylic acids is 1. The van der Waals surface area contributed by atoms with Crippen LogP contribution in [0.5, 0.6) is 0 Å². The van der Waals surface area contributed by atoms with Crippen molar-refractivity contribution in [2.75, 3.05) is 0 Å². The second kappa shape index (κ2) is 5.22. The molecule has 5 heteroatoms. The number of rotatable bonds is 4. The summed E-state index contributed by atoms with van der Waals surface area (Å²) in [5.74, 6) is -1.31. The first-order valence-corrected chi connectivity index (χ1v) is 6.19. The Morgan fingerprint density at radius 1 is 1.47 bits per heavy atom. The van der Waals surface area contributed by atoms with E-state index in [0.717, 1.165) is 25.3 Å². The zero-order valence-electron chi connectivity index (χ0n) is 10.7. The highest BCUT2D eigenvalue weighted by Gasteiger charge is 2.33. The number of hydrogen-bond donors (Lipinski definition) is 2. The molecule has 0 spiro atoms. The highest BCUT2D eigenvalue weighted by atomic mass is 16.4. The molecule has 0 atom stereocenters. The smallest absolute Gasteiger partial charge is 0.328 e. The molecule has 1 aliphatic rings. The quantitative estimate of drug-likeness (QED) is 0.810. The monoisotopic (exact) mass is 260 g/mol. The van der Waals surface area contributed by atoms with Crippen molar-refractivity contribution in [1.82, 2.24) is 10.3 Å². The highest BCUT2D eigenvalue weighted by molar-refractivity contribution is 5.97. The Labute approximate surface area is 111 Å². The van der Waals surface area contributed by atoms with Crippen LogP contribution in [-0.4, -0.2) is 27.5 Å². The molecular formula is C14H16N2O3. The fourth-order valence-corrected chi connectivity index (χ4v) is 2.07. The molecule has 1 aromatic rings. The summed E-state index contributed by atoms with van der Waals surface area (Å²) in [6.07, 6.45) is 6.95. The van der Waals surface area contributed by atoms with Crippen LogP contribution >= 0.6 is 0 Å². The molecule has 0 aliphatic heterocycles. The number of amides is 1. The summed E-state index contributed by atoms with van der Waals surface area (Å²) in [5.41, 5.74) is 0.612. The van der Waals surface area contributed by atoms with Crippen LogP contribution < -0.4 is 5.32 Å². The van der Waals surface area contributed by atoms with Gasteiger partial charge in [-0.25, -0.2) is 4.79 Å². The normalized spacial score (nSPS) is 16.9. The summed E-state index contributed by atoms with van der Waals surface area (Å²) >= 11 is 0. The molecule has 19 heavy (non-hydrogen) atoms. The predicted molar refractivity (Wildman–Crippen MR) is 70.6 cm³/mol. The second-order valence-electron chi connectivity index (χ2n) is 4.98. The van der Waals surface area contributed by atoms with Gasteiger partial charge in [0.1, 0.15) is 5.69 Å². The van der Waals surface area contributed by atoms with Crippen molar-refractivity contribution in [3.8, 4) is 0 Å². The van der Waals surface area contributed by atoms with Crippen LogP contribution in [0.25, 0.3) is 6.08 Å². The first-order chi connectivity index (χ1) is 9.00. The Morgan fingerprint density at radius 3 is 2.79 bits per heavy atom. The van der Waals surface area contributed by atoms with E-state index >= 15 is 0 Å². The number of carbonyl (C=O) groups is 2. The van der Waals surface area contributed by atoms with Gasteiger partial charge in [-0.05, 0) is 38.3 Å². The Kier molecular flexibility index (Phi) is 3.64. The molecule has 2 N–H and O–H groups in total. The SMILES string of the molecule is CC1(NC(=O)c2ncccc2/C=C/C(=O)O)CCC1. The molecule has 0 unspecified atom stereocenters. The minimum absolute atomic E-state index is 0.150. The number of pyridine rings is 1. The van der Waals surface area contributed by atoms with Crippen molar-refractivity contribution in [1.29, 1.82) is 0 Å². The van der Waals surface area contributed by atoms with Crippen LogP contribution in [0.2, 0.25) is 0 Å². The van der Waals surface area contributed by atoms with Crippen molar-refractivity contribution in [3.63, 3.8) is 0 Å². The van der Waals surface area contributed by atoms with Gasteiger partial charge in [-0.2, -0.15) is 0 Å². The lowest BCUT2D eigenvalue weighted by atomic mass is 9.78. The average Bonchev–Trinajstić information content (AvgIpc) is 2.34. The van der Waals surface area contributed by atoms with E-state index in [0.29, 0.717) is 5.56 Å². The maximum absolute atomic E-state index is 12.2. The number of nitrogens with zero attached hydrogens (tertiary/aromatic N) is 1. The third-order valence-corrected chi connectivity index (χ3v) is 3.33. The van der Waals surface area contributed by atoms with E-state index in [4.69, 9.17) is 5.11 Å². The van der Waals surface area contributed by atoms with Crippen molar-refractivity contribution >= 4 is 18.0 Å². The van der Waals surface area contributed by atoms with Crippen molar-refractivity contribution in [2.45, 2.75) is 31.7 Å². The molecule has 1 amide bonds. The van der Waals surface area contributed by atoms with Crippen LogP contribution in [0.4, 0.5) is 0 Å². The molecule has 0 bridgehead atoms. The number of carboxylic acids is 1. The Morgan fingerprint density at radius 2 is 2.21 bits per heavy atom. The number of carboxylic acid groups (broad SMARTS) is 1. The molecule has 0 aromatic carbocycles. The summed E-state index contributed by atoms with van der Waals surface area (Å²) in [6, 6.07) is 3.34. The minimum atomic E-state index is -1.05. The topological polar surface area (TPSA) is 79.3 Å². The first-order valence-electron chi connectivity index (χ1n) is 6.19. The van der Waals surface area contributed by atoms with Crippen LogP contribution in [0, 0.1) is 0 Å². The lowest BCUT2D eigenvalue weighted by molar-refractivity contribution is -0.131. The molecule has 1 aliphatic carbocycles. The van der Waals surface area contributed by atoms with Crippen molar-refractivity contribution in [3.05, 3.63) is 35.7 Å². The highest BCUT2D eigenvalue weighted by Crippen LogP contribution is 2.31. The Hall–Kier alpha value is -2.17. The summed E-state index contributed by atoms with van der Waals surface area (Å²) in [7, 11) is 0. The summed E-state index contributed by atoms with van der Waals surface area (Å²) in [5, 5.41) is 11.6. The molecule has 100 valence electrons. The zero-order chi connectivity index (χ0) is 13.9. The number of aliphatic carboxylic acids is 1. The third kappa shape index (κ3) is 3.19. The Balaban J connectivity index is 2.19. The van der Waals surface area contributed by atoms with E-state index in [1.165, 1.54) is 12.3 Å². The summed E-state index contributed by atoms with van der Waals surface area (Å²) in [6.45, 7) is 2.00. The number of hydrogen-bond acceptors (Lipinski definition) is 3. The van der Waals surface area contributed by atoms with Gasteiger partial charge in [0, 0.05) is 23.4 Å². The van der Waals surface area contributed by atoms with Crippen LogP contribution in [0.15, 0.2) is 24.4 Å². The number of aromatic nitrogens is 1. The van der Waals surface area contributed by atoms with Gasteiger partial charge in [0.15, 0.2) is 0 Å². The van der Waals surface area contributed by atoms with Crippen molar-refractivity contribution in [2.24, 2.45) is 0 Å². The molecule has 0 radical (unpaired) electrons. The fourth-order valence-electron chi connectivity index (χ4n) is 2.07. The van der Waals surface area contributed by atoms with E-state index in [1.54, 1.807) is 12.1 Å². The molecule has 5 nitrogen and oxygen atoms in total. The maximum atomic E-state index is 12.2. The van der Waals surface area contributed by atoms with Crippen LogP contribution in [0.3, 0.4) is 0 Å². The molecule has 2 rings (SSSR count). The largest absolute Gasteiger partial charge is 0.478 e. The van der Waals surface area contributed by atoms with Gasteiger partial charge in [-0.15, -0.1) is 0 Å². The third-order valence-electron chi connectivity index (χ3n) is 3.33. The molecular weight excluding hydrogens is 244 g/mol. The lowest BCUT2D eigenvalue weighted by Crippen LogP contribution is -2.51. The molecule has 1 saturated carbocycles. The average molecular weight is 260 g/mol. The molecule has 1 fully saturated rings. The van der Waals surface area contributed by atoms with Gasteiger partial charge in [-0.3, -0.25) is 9.78 Å². The molecule has 1 aromatic heterocycles. The van der Waals surface area contributed by atoms with E-state index < -0.39 is 5.97 Å². The van der Waals surface area contributed by atoms with Gasteiger partial charge in [0.25, 0.3) is 5.91 Å². The lowest BCUT2D eigenvalue weighted by Gasteiger charge is -2.39. The molecule has 0 saturated heterocycles. The number of nitrogens with one attached hydrogen (secondary N) is 1. The first kappa shape index (κ1) is 13.3. The van der Waals surface area contributed by atoms with Gasteiger partial charge in [0.2, 0.25) is 0 Å². The maximum Gasteiger partial charge on any atom is 0.328 e. The molecule has 1 heterocycles.